The summed E-state index contributed by atoms with van der Waals surface area (Å²) < 4.78 is 6.74. The molecule has 1 aromatic rings. The monoisotopic (exact) mass is 392 g/mol. The highest BCUT2D eigenvalue weighted by Gasteiger charge is 2.46. The molecule has 0 radical (unpaired) electrons. The predicted octanol–water partition coefficient (Wildman–Crippen LogP) is 6.65. The van der Waals surface area contributed by atoms with Gasteiger partial charge in [-0.15, -0.1) is 0 Å². The van der Waals surface area contributed by atoms with Gasteiger partial charge >= 0.3 is 0 Å². The van der Waals surface area contributed by atoms with Crippen molar-refractivity contribution >= 4 is 5.78 Å². The number of ketones is 1. The molecular formula is C27H36O2. The maximum Gasteiger partial charge on any atom is 0.206 e. The highest BCUT2D eigenvalue weighted by Crippen LogP contribution is 2.46. The lowest BCUT2D eigenvalue weighted by Gasteiger charge is -2.41. The van der Waals surface area contributed by atoms with Gasteiger partial charge in [0.1, 0.15) is 5.75 Å². The molecule has 1 aliphatic carbocycles. The molecule has 3 aliphatic rings. The summed E-state index contributed by atoms with van der Waals surface area (Å²) >= 11 is 0. The number of fused-ring (bicyclic) bond motifs is 1. The zero-order valence-electron chi connectivity index (χ0n) is 19.1. The van der Waals surface area contributed by atoms with Gasteiger partial charge in [0.25, 0.3) is 0 Å². The fraction of sp³-hybridized carbons (Fsp3) is 0.593. The van der Waals surface area contributed by atoms with E-state index in [9.17, 15) is 4.79 Å². The van der Waals surface area contributed by atoms with Gasteiger partial charge in [-0.05, 0) is 71.3 Å². The lowest BCUT2D eigenvalue weighted by molar-refractivity contribution is -0.128. The minimum absolute atomic E-state index is 0.00168. The topological polar surface area (TPSA) is 26.3 Å². The van der Waals surface area contributed by atoms with E-state index in [1.54, 1.807) is 0 Å². The van der Waals surface area contributed by atoms with Gasteiger partial charge in [0, 0.05) is 12.0 Å². The lowest BCUT2D eigenvalue weighted by Crippen LogP contribution is -2.48. The van der Waals surface area contributed by atoms with E-state index in [0.717, 1.165) is 56.3 Å². The molecule has 1 unspecified atom stereocenters. The quantitative estimate of drug-likeness (QED) is 0.494. The Morgan fingerprint density at radius 3 is 2.17 bits per heavy atom. The van der Waals surface area contributed by atoms with Gasteiger partial charge in [0.05, 0.1) is 0 Å². The summed E-state index contributed by atoms with van der Waals surface area (Å²) in [7, 11) is 0. The normalized spacial score (nSPS) is 24.8. The second-order valence-corrected chi connectivity index (χ2v) is 11.3. The van der Waals surface area contributed by atoms with Crippen LogP contribution in [0, 0.1) is 5.41 Å². The van der Waals surface area contributed by atoms with E-state index in [0.29, 0.717) is 0 Å². The maximum atomic E-state index is 13.6. The van der Waals surface area contributed by atoms with Crippen LogP contribution in [0.2, 0.25) is 0 Å². The third-order valence-electron chi connectivity index (χ3n) is 6.81. The molecule has 0 amide bonds. The number of benzene rings is 1. The van der Waals surface area contributed by atoms with Gasteiger partial charge < -0.3 is 4.74 Å². The minimum atomic E-state index is -0.817. The van der Waals surface area contributed by atoms with Crippen LogP contribution in [-0.2, 0) is 23.1 Å². The molecule has 2 heteroatoms. The summed E-state index contributed by atoms with van der Waals surface area (Å²) in [6.45, 7) is 13.5. The molecule has 2 nitrogen and oxygen atoms in total. The number of carbonyl (C=O) groups is 1. The van der Waals surface area contributed by atoms with E-state index >= 15 is 0 Å². The van der Waals surface area contributed by atoms with E-state index < -0.39 is 5.60 Å². The van der Waals surface area contributed by atoms with E-state index in [1.807, 2.05) is 0 Å². The Kier molecular flexibility index (Phi) is 4.83. The van der Waals surface area contributed by atoms with Crippen LogP contribution in [0.25, 0.3) is 0 Å². The molecule has 0 aromatic heterocycles. The molecular weight excluding hydrogens is 356 g/mol. The molecule has 2 heterocycles. The van der Waals surface area contributed by atoms with Gasteiger partial charge in [-0.3, -0.25) is 4.79 Å². The molecule has 0 saturated heterocycles. The van der Waals surface area contributed by atoms with Crippen molar-refractivity contribution in [2.24, 2.45) is 5.41 Å². The van der Waals surface area contributed by atoms with E-state index in [-0.39, 0.29) is 16.6 Å². The van der Waals surface area contributed by atoms with Crippen LogP contribution in [0.1, 0.15) is 90.3 Å². The average Bonchev–Trinajstić information content (AvgIpc) is 2.63. The first-order valence-electron chi connectivity index (χ1n) is 11.3. The number of ether oxygens (including phenoxy) is 1. The Hall–Kier alpha value is -1.83. The number of allylic oxidation sites excluding steroid dienone is 2. The predicted molar refractivity (Wildman–Crippen MR) is 120 cm³/mol. The SMILES string of the molecule is CC(C)(C)C1=CC23CCc4cc(C(C)(C)C)cc(c4O2)CCCCCC(=C1)C3=O. The molecule has 29 heavy (non-hydrogen) atoms. The summed E-state index contributed by atoms with van der Waals surface area (Å²) in [4.78, 5) is 13.6. The number of hydrogen-bond acceptors (Lipinski definition) is 2. The smallest absolute Gasteiger partial charge is 0.206 e. The summed E-state index contributed by atoms with van der Waals surface area (Å²) in [6, 6.07) is 4.66. The fourth-order valence-corrected chi connectivity index (χ4v) is 4.81. The zero-order chi connectivity index (χ0) is 21.0. The highest BCUT2D eigenvalue weighted by molar-refractivity contribution is 6.05. The zero-order valence-corrected chi connectivity index (χ0v) is 19.1. The molecule has 0 fully saturated rings. The minimum Gasteiger partial charge on any atom is -0.474 e. The van der Waals surface area contributed by atoms with Gasteiger partial charge in [-0.25, -0.2) is 0 Å². The number of aryl methyl sites for hydroxylation is 2. The van der Waals surface area contributed by atoms with E-state index in [1.165, 1.54) is 22.3 Å². The highest BCUT2D eigenvalue weighted by atomic mass is 16.5. The Morgan fingerprint density at radius 1 is 0.862 bits per heavy atom. The van der Waals surface area contributed by atoms with E-state index in [2.05, 4.69) is 65.8 Å². The summed E-state index contributed by atoms with van der Waals surface area (Å²) in [5.41, 5.74) is 5.46. The molecule has 1 spiro atoms. The summed E-state index contributed by atoms with van der Waals surface area (Å²) in [6.07, 6.45) is 11.2. The molecule has 0 N–H and O–H groups in total. The van der Waals surface area contributed by atoms with Crippen molar-refractivity contribution in [1.29, 1.82) is 0 Å². The average molecular weight is 393 g/mol. The van der Waals surface area contributed by atoms with Crippen molar-refractivity contribution in [2.75, 3.05) is 0 Å². The summed E-state index contributed by atoms with van der Waals surface area (Å²) in [5, 5.41) is 0. The molecule has 0 saturated carbocycles. The molecule has 4 rings (SSSR count). The molecule has 1 atom stereocenters. The first-order valence-corrected chi connectivity index (χ1v) is 11.3. The first kappa shape index (κ1) is 20.4. The van der Waals surface area contributed by atoms with Crippen LogP contribution in [0.15, 0.2) is 35.4 Å². The Morgan fingerprint density at radius 2 is 1.52 bits per heavy atom. The Balaban J connectivity index is 1.88. The second-order valence-electron chi connectivity index (χ2n) is 11.3. The first-order chi connectivity index (χ1) is 13.5. The van der Waals surface area contributed by atoms with Gasteiger partial charge in [0.2, 0.25) is 5.78 Å². The molecule has 3 bridgehead atoms. The second kappa shape index (κ2) is 6.86. The van der Waals surface area contributed by atoms with Crippen LogP contribution >= 0.6 is 0 Å². The Labute approximate surface area is 176 Å². The maximum absolute atomic E-state index is 13.6. The third-order valence-corrected chi connectivity index (χ3v) is 6.81. The number of rotatable bonds is 0. The fourth-order valence-electron chi connectivity index (χ4n) is 4.81. The van der Waals surface area contributed by atoms with Crippen LogP contribution in [0.3, 0.4) is 0 Å². The van der Waals surface area contributed by atoms with Gasteiger partial charge in [0.15, 0.2) is 5.60 Å². The number of Topliss-reactive ketones (excluding diaryl/α,β-unsaturated/α-hetero) is 1. The molecule has 2 aliphatic heterocycles. The van der Waals surface area contributed by atoms with E-state index in [4.69, 9.17) is 4.74 Å². The van der Waals surface area contributed by atoms with Crippen molar-refractivity contribution in [3.05, 3.63) is 52.1 Å². The number of carbonyl (C=O) groups excluding carboxylic acids is 1. The Bertz CT molecular complexity index is 902. The molecule has 1 aromatic carbocycles. The van der Waals surface area contributed by atoms with Crippen molar-refractivity contribution < 1.29 is 9.53 Å². The van der Waals surface area contributed by atoms with Crippen molar-refractivity contribution in [3.8, 4) is 5.75 Å². The van der Waals surface area contributed by atoms with Crippen LogP contribution in [-0.4, -0.2) is 11.4 Å². The third kappa shape index (κ3) is 3.71. The van der Waals surface area contributed by atoms with Gasteiger partial charge in [-0.1, -0.05) is 66.2 Å². The van der Waals surface area contributed by atoms with Crippen LogP contribution in [0.5, 0.6) is 5.75 Å². The van der Waals surface area contributed by atoms with Crippen molar-refractivity contribution in [3.63, 3.8) is 0 Å². The lowest BCUT2D eigenvalue weighted by atomic mass is 9.72. The largest absolute Gasteiger partial charge is 0.474 e. The van der Waals surface area contributed by atoms with Crippen LogP contribution < -0.4 is 4.74 Å². The molecule has 156 valence electrons. The van der Waals surface area contributed by atoms with Gasteiger partial charge in [-0.2, -0.15) is 0 Å². The summed E-state index contributed by atoms with van der Waals surface area (Å²) in [5.74, 6) is 1.19. The van der Waals surface area contributed by atoms with Crippen molar-refractivity contribution in [2.45, 2.75) is 97.5 Å². The van der Waals surface area contributed by atoms with Crippen molar-refractivity contribution in [1.82, 2.24) is 0 Å². The number of hydrogen-bond donors (Lipinski definition) is 0. The van der Waals surface area contributed by atoms with Crippen LogP contribution in [0.4, 0.5) is 0 Å². The standard InChI is InChI=1S/C27H36O2/c1-25(2,3)21-14-18-10-8-7-9-11-20-16-22(26(4,5)6)17-27(24(20)28)13-12-19(15-21)23(18)29-27/h14-17H,7-13H2,1-6H3.